The molecule has 1 N–H and O–H groups in total. The number of hydrogen-bond donors (Lipinski definition) is 1. The number of aromatic nitrogens is 2. The summed E-state index contributed by atoms with van der Waals surface area (Å²) >= 11 is 1.76. The van der Waals surface area contributed by atoms with Gasteiger partial charge in [-0.25, -0.2) is 0 Å². The minimum Gasteiger partial charge on any atom is -0.312 e. The van der Waals surface area contributed by atoms with Gasteiger partial charge in [-0.05, 0) is 30.8 Å². The molecule has 1 atom stereocenters. The second-order valence-electron chi connectivity index (χ2n) is 4.22. The van der Waals surface area contributed by atoms with Crippen LogP contribution in [0.3, 0.4) is 0 Å². The molecule has 2 aromatic rings. The van der Waals surface area contributed by atoms with Crippen LogP contribution < -0.4 is 5.32 Å². The molecule has 0 unspecified atom stereocenters. The Morgan fingerprint density at radius 3 is 3.31 bits per heavy atom. The van der Waals surface area contributed by atoms with Crippen molar-refractivity contribution < 1.29 is 0 Å². The van der Waals surface area contributed by atoms with Gasteiger partial charge in [0, 0.05) is 22.7 Å². The maximum absolute atomic E-state index is 4.42. The fraction of sp³-hybridized carbons (Fsp3) is 0.417. The van der Waals surface area contributed by atoms with Gasteiger partial charge in [0.25, 0.3) is 0 Å². The molecule has 3 heterocycles. The topological polar surface area (TPSA) is 29.9 Å². The molecule has 84 valence electrons. The van der Waals surface area contributed by atoms with E-state index in [0.29, 0.717) is 6.04 Å². The van der Waals surface area contributed by atoms with Gasteiger partial charge >= 0.3 is 0 Å². The minimum atomic E-state index is 0.607. The van der Waals surface area contributed by atoms with Crippen LogP contribution >= 0.6 is 11.3 Å². The molecule has 2 aromatic heterocycles. The van der Waals surface area contributed by atoms with E-state index in [4.69, 9.17) is 0 Å². The maximum atomic E-state index is 4.42. The SMILES string of the molecule is c1csc(-c2cnn(C[C@@H]3CCCN3)c2)c1. The van der Waals surface area contributed by atoms with Crippen LogP contribution in [0.25, 0.3) is 10.4 Å². The first-order valence-electron chi connectivity index (χ1n) is 5.71. The van der Waals surface area contributed by atoms with E-state index >= 15 is 0 Å². The van der Waals surface area contributed by atoms with E-state index < -0.39 is 0 Å². The zero-order valence-corrected chi connectivity index (χ0v) is 9.91. The number of hydrogen-bond acceptors (Lipinski definition) is 3. The predicted octanol–water partition coefficient (Wildman–Crippen LogP) is 2.36. The molecule has 3 nitrogen and oxygen atoms in total. The summed E-state index contributed by atoms with van der Waals surface area (Å²) in [5.74, 6) is 0. The van der Waals surface area contributed by atoms with E-state index in [1.807, 2.05) is 6.20 Å². The van der Waals surface area contributed by atoms with Crippen molar-refractivity contribution in [1.82, 2.24) is 15.1 Å². The highest BCUT2D eigenvalue weighted by molar-refractivity contribution is 7.13. The van der Waals surface area contributed by atoms with Gasteiger partial charge in [-0.15, -0.1) is 11.3 Å². The van der Waals surface area contributed by atoms with Crippen LogP contribution in [0, 0.1) is 0 Å². The Kier molecular flexibility index (Phi) is 2.76. The summed E-state index contributed by atoms with van der Waals surface area (Å²) in [6.07, 6.45) is 6.67. The second-order valence-corrected chi connectivity index (χ2v) is 5.17. The molecule has 1 fully saturated rings. The summed E-state index contributed by atoms with van der Waals surface area (Å²) in [7, 11) is 0. The van der Waals surface area contributed by atoms with Crippen molar-refractivity contribution in [3.8, 4) is 10.4 Å². The maximum Gasteiger partial charge on any atom is 0.0576 e. The van der Waals surface area contributed by atoms with Crippen molar-refractivity contribution in [2.45, 2.75) is 25.4 Å². The first-order chi connectivity index (χ1) is 7.92. The lowest BCUT2D eigenvalue weighted by molar-refractivity contribution is 0.476. The van der Waals surface area contributed by atoms with Crippen LogP contribution in [0.15, 0.2) is 29.9 Å². The molecule has 0 saturated carbocycles. The Hall–Kier alpha value is -1.13. The van der Waals surface area contributed by atoms with E-state index in [-0.39, 0.29) is 0 Å². The zero-order chi connectivity index (χ0) is 10.8. The predicted molar refractivity (Wildman–Crippen MR) is 66.6 cm³/mol. The van der Waals surface area contributed by atoms with Gasteiger partial charge in [0.2, 0.25) is 0 Å². The van der Waals surface area contributed by atoms with Crippen molar-refractivity contribution >= 4 is 11.3 Å². The van der Waals surface area contributed by atoms with Crippen LogP contribution in [0.1, 0.15) is 12.8 Å². The molecule has 0 spiro atoms. The van der Waals surface area contributed by atoms with Gasteiger partial charge in [-0.2, -0.15) is 5.10 Å². The smallest absolute Gasteiger partial charge is 0.0576 e. The molecule has 0 amide bonds. The summed E-state index contributed by atoms with van der Waals surface area (Å²) in [5, 5.41) is 10.0. The first-order valence-corrected chi connectivity index (χ1v) is 6.59. The van der Waals surface area contributed by atoms with E-state index in [2.05, 4.69) is 38.8 Å². The molecule has 0 radical (unpaired) electrons. The molecule has 1 aliphatic heterocycles. The molecule has 1 saturated heterocycles. The Labute approximate surface area is 99.1 Å². The molecule has 16 heavy (non-hydrogen) atoms. The average Bonchev–Trinajstić information content (AvgIpc) is 2.99. The van der Waals surface area contributed by atoms with Crippen LogP contribution in [0.4, 0.5) is 0 Å². The highest BCUT2D eigenvalue weighted by Gasteiger charge is 2.14. The molecular formula is C12H15N3S. The Balaban J connectivity index is 1.72. The third-order valence-electron chi connectivity index (χ3n) is 3.01. The van der Waals surface area contributed by atoms with Crippen molar-refractivity contribution in [1.29, 1.82) is 0 Å². The third kappa shape index (κ3) is 2.03. The molecular weight excluding hydrogens is 218 g/mol. The standard InChI is InChI=1S/C12H15N3S/c1-3-11(13-5-1)9-15-8-10(7-14-15)12-4-2-6-16-12/h2,4,6-8,11,13H,1,3,5,9H2/t11-/m0/s1. The summed E-state index contributed by atoms with van der Waals surface area (Å²) in [5.41, 5.74) is 1.23. The summed E-state index contributed by atoms with van der Waals surface area (Å²) in [6.45, 7) is 2.15. The molecule has 3 rings (SSSR count). The van der Waals surface area contributed by atoms with E-state index in [9.17, 15) is 0 Å². The molecule has 1 aliphatic rings. The molecule has 0 aliphatic carbocycles. The summed E-state index contributed by atoms with van der Waals surface area (Å²) in [6, 6.07) is 4.83. The molecule has 0 bridgehead atoms. The van der Waals surface area contributed by atoms with Crippen LogP contribution in [0.5, 0.6) is 0 Å². The van der Waals surface area contributed by atoms with E-state index in [1.54, 1.807) is 11.3 Å². The van der Waals surface area contributed by atoms with Crippen molar-refractivity contribution in [3.63, 3.8) is 0 Å². The largest absolute Gasteiger partial charge is 0.312 e. The molecule has 0 aromatic carbocycles. The fourth-order valence-corrected chi connectivity index (χ4v) is 2.87. The zero-order valence-electron chi connectivity index (χ0n) is 9.10. The Bertz CT molecular complexity index is 441. The fourth-order valence-electron chi connectivity index (χ4n) is 2.17. The van der Waals surface area contributed by atoms with Gasteiger partial charge in [0.1, 0.15) is 0 Å². The van der Waals surface area contributed by atoms with Crippen LogP contribution in [0.2, 0.25) is 0 Å². The number of thiophene rings is 1. The minimum absolute atomic E-state index is 0.607. The van der Waals surface area contributed by atoms with Crippen LogP contribution in [-0.2, 0) is 6.54 Å². The quantitative estimate of drug-likeness (QED) is 0.882. The summed E-state index contributed by atoms with van der Waals surface area (Å²) < 4.78 is 2.05. The lowest BCUT2D eigenvalue weighted by Gasteiger charge is -2.09. The monoisotopic (exact) mass is 233 g/mol. The van der Waals surface area contributed by atoms with Gasteiger partial charge in [0.15, 0.2) is 0 Å². The Morgan fingerprint density at radius 2 is 2.56 bits per heavy atom. The van der Waals surface area contributed by atoms with Gasteiger partial charge in [-0.3, -0.25) is 4.68 Å². The lowest BCUT2D eigenvalue weighted by Crippen LogP contribution is -2.26. The highest BCUT2D eigenvalue weighted by atomic mass is 32.1. The normalized spacial score (nSPS) is 20.4. The van der Waals surface area contributed by atoms with Gasteiger partial charge < -0.3 is 5.32 Å². The summed E-state index contributed by atoms with van der Waals surface area (Å²) in [4.78, 5) is 1.30. The second kappa shape index (κ2) is 4.39. The van der Waals surface area contributed by atoms with E-state index in [0.717, 1.165) is 13.1 Å². The number of rotatable bonds is 3. The van der Waals surface area contributed by atoms with Gasteiger partial charge in [0.05, 0.1) is 12.7 Å². The average molecular weight is 233 g/mol. The highest BCUT2D eigenvalue weighted by Crippen LogP contribution is 2.23. The van der Waals surface area contributed by atoms with Crippen LogP contribution in [-0.4, -0.2) is 22.4 Å². The van der Waals surface area contributed by atoms with Crippen molar-refractivity contribution in [2.75, 3.05) is 6.54 Å². The number of nitrogens with one attached hydrogen (secondary N) is 1. The number of nitrogens with zero attached hydrogens (tertiary/aromatic N) is 2. The Morgan fingerprint density at radius 1 is 1.56 bits per heavy atom. The first kappa shape index (κ1) is 10.1. The third-order valence-corrected chi connectivity index (χ3v) is 3.93. The molecule has 4 heteroatoms. The van der Waals surface area contributed by atoms with Gasteiger partial charge in [-0.1, -0.05) is 6.07 Å². The van der Waals surface area contributed by atoms with Crippen molar-refractivity contribution in [2.24, 2.45) is 0 Å². The lowest BCUT2D eigenvalue weighted by atomic mass is 10.2. The van der Waals surface area contributed by atoms with E-state index in [1.165, 1.54) is 23.3 Å². The van der Waals surface area contributed by atoms with Crippen molar-refractivity contribution in [3.05, 3.63) is 29.9 Å².